The lowest BCUT2D eigenvalue weighted by Gasteiger charge is -2.18. The Kier molecular flexibility index (Phi) is 4.54. The van der Waals surface area contributed by atoms with E-state index in [1.165, 1.54) is 0 Å². The number of sulfonamides is 1. The van der Waals surface area contributed by atoms with Crippen molar-refractivity contribution < 1.29 is 8.42 Å². The van der Waals surface area contributed by atoms with Crippen molar-refractivity contribution in [3.8, 4) is 0 Å². The number of fused-ring (bicyclic) bond motifs is 1. The number of alkyl halides is 1. The molecule has 0 aliphatic heterocycles. The van der Waals surface area contributed by atoms with Gasteiger partial charge in [0, 0.05) is 0 Å². The summed E-state index contributed by atoms with van der Waals surface area (Å²) in [6, 6.07) is 7.54. The van der Waals surface area contributed by atoms with Gasteiger partial charge in [0.05, 0.1) is 17.2 Å². The summed E-state index contributed by atoms with van der Waals surface area (Å²) in [7, 11) is -3.27. The number of hydrogen-bond acceptors (Lipinski definition) is 2. The molecule has 0 aromatic heterocycles. The fourth-order valence-corrected chi connectivity index (χ4v) is 4.34. The molecule has 0 amide bonds. The quantitative estimate of drug-likeness (QED) is 0.850. The summed E-state index contributed by atoms with van der Waals surface area (Å²) in [6.07, 6.45) is 1.38. The minimum Gasteiger partial charge on any atom is -0.212 e. The molecule has 1 N–H and O–H groups in total. The molecule has 0 saturated heterocycles. The molecule has 3 nitrogen and oxygen atoms in total. The van der Waals surface area contributed by atoms with Gasteiger partial charge in [-0.15, -0.1) is 11.6 Å². The van der Waals surface area contributed by atoms with Crippen LogP contribution in [0.3, 0.4) is 0 Å². The highest BCUT2D eigenvalue weighted by Gasteiger charge is 2.33. The summed E-state index contributed by atoms with van der Waals surface area (Å²) in [4.78, 5) is 0. The van der Waals surface area contributed by atoms with E-state index < -0.39 is 10.0 Å². The standard InChI is InChI=1S/C14H20ClNO2S/c1-10(2)7-8-19(17,18)16-14-12-6-4-3-5-11(12)9-13(14)15/h3-6,10,13-14,16H,7-9H2,1-2H3. The van der Waals surface area contributed by atoms with E-state index in [9.17, 15) is 8.42 Å². The largest absolute Gasteiger partial charge is 0.212 e. The molecule has 0 radical (unpaired) electrons. The van der Waals surface area contributed by atoms with Crippen molar-refractivity contribution in [2.75, 3.05) is 5.75 Å². The highest BCUT2D eigenvalue weighted by Crippen LogP contribution is 2.35. The van der Waals surface area contributed by atoms with E-state index >= 15 is 0 Å². The van der Waals surface area contributed by atoms with E-state index in [0.717, 1.165) is 17.5 Å². The van der Waals surface area contributed by atoms with Crippen LogP contribution in [0.15, 0.2) is 24.3 Å². The molecule has 0 heterocycles. The van der Waals surface area contributed by atoms with Gasteiger partial charge in [-0.25, -0.2) is 13.1 Å². The van der Waals surface area contributed by atoms with Gasteiger partial charge in [-0.3, -0.25) is 0 Å². The van der Waals surface area contributed by atoms with Crippen LogP contribution in [0.4, 0.5) is 0 Å². The maximum absolute atomic E-state index is 12.1. The van der Waals surface area contributed by atoms with Gasteiger partial charge in [0.25, 0.3) is 0 Å². The first-order valence-electron chi connectivity index (χ1n) is 6.61. The number of benzene rings is 1. The van der Waals surface area contributed by atoms with Gasteiger partial charge in [-0.2, -0.15) is 0 Å². The second kappa shape index (κ2) is 5.81. The zero-order chi connectivity index (χ0) is 14.0. The molecule has 0 fully saturated rings. The molecule has 106 valence electrons. The number of hydrogen-bond donors (Lipinski definition) is 1. The van der Waals surface area contributed by atoms with Crippen molar-refractivity contribution in [2.24, 2.45) is 5.92 Å². The molecular formula is C14H20ClNO2S. The third-order valence-corrected chi connectivity index (χ3v) is 5.23. The van der Waals surface area contributed by atoms with Gasteiger partial charge >= 0.3 is 0 Å². The normalized spacial score (nSPS) is 22.7. The highest BCUT2D eigenvalue weighted by molar-refractivity contribution is 7.89. The van der Waals surface area contributed by atoms with E-state index in [4.69, 9.17) is 11.6 Å². The number of halogens is 1. The summed E-state index contributed by atoms with van der Waals surface area (Å²) >= 11 is 6.29. The average molecular weight is 302 g/mol. The third-order valence-electron chi connectivity index (χ3n) is 3.44. The van der Waals surface area contributed by atoms with Gasteiger partial charge in [0.2, 0.25) is 10.0 Å². The predicted molar refractivity (Wildman–Crippen MR) is 78.9 cm³/mol. The lowest BCUT2D eigenvalue weighted by molar-refractivity contribution is 0.542. The van der Waals surface area contributed by atoms with Crippen molar-refractivity contribution >= 4 is 21.6 Å². The van der Waals surface area contributed by atoms with Gasteiger partial charge in [-0.05, 0) is 29.9 Å². The molecule has 1 aliphatic carbocycles. The topological polar surface area (TPSA) is 46.2 Å². The van der Waals surface area contributed by atoms with Crippen LogP contribution in [0.5, 0.6) is 0 Å². The molecular weight excluding hydrogens is 282 g/mol. The second-order valence-electron chi connectivity index (χ2n) is 5.52. The summed E-state index contributed by atoms with van der Waals surface area (Å²) in [5.74, 6) is 0.534. The Morgan fingerprint density at radius 3 is 2.74 bits per heavy atom. The second-order valence-corrected chi connectivity index (χ2v) is 7.95. The fourth-order valence-electron chi connectivity index (χ4n) is 2.33. The van der Waals surface area contributed by atoms with E-state index in [1.54, 1.807) is 0 Å². The van der Waals surface area contributed by atoms with E-state index in [0.29, 0.717) is 12.3 Å². The lowest BCUT2D eigenvalue weighted by atomic mass is 10.1. The van der Waals surface area contributed by atoms with E-state index in [2.05, 4.69) is 4.72 Å². The van der Waals surface area contributed by atoms with Crippen molar-refractivity contribution in [2.45, 2.75) is 38.1 Å². The SMILES string of the molecule is CC(C)CCS(=O)(=O)NC1c2ccccc2CC1Cl. The number of rotatable bonds is 5. The van der Waals surface area contributed by atoms with E-state index in [-0.39, 0.29) is 17.2 Å². The van der Waals surface area contributed by atoms with Crippen LogP contribution in [0.2, 0.25) is 0 Å². The Balaban J connectivity index is 2.11. The minimum atomic E-state index is -3.27. The molecule has 1 aromatic carbocycles. The zero-order valence-corrected chi connectivity index (χ0v) is 12.8. The molecule has 0 spiro atoms. The van der Waals surface area contributed by atoms with Crippen molar-refractivity contribution in [3.05, 3.63) is 35.4 Å². The Morgan fingerprint density at radius 2 is 2.05 bits per heavy atom. The van der Waals surface area contributed by atoms with E-state index in [1.807, 2.05) is 38.1 Å². The first-order valence-corrected chi connectivity index (χ1v) is 8.70. The van der Waals surface area contributed by atoms with Crippen LogP contribution in [-0.4, -0.2) is 19.5 Å². The average Bonchev–Trinajstić information content (AvgIpc) is 2.64. The summed E-state index contributed by atoms with van der Waals surface area (Å²) < 4.78 is 26.9. The smallest absolute Gasteiger partial charge is 0.212 e. The van der Waals surface area contributed by atoms with Crippen molar-refractivity contribution in [1.29, 1.82) is 0 Å². The monoisotopic (exact) mass is 301 g/mol. The van der Waals surface area contributed by atoms with Crippen LogP contribution in [0, 0.1) is 5.92 Å². The van der Waals surface area contributed by atoms with Gasteiger partial charge in [0.15, 0.2) is 0 Å². The maximum atomic E-state index is 12.1. The Labute approximate surface area is 120 Å². The molecule has 1 aliphatic rings. The summed E-state index contributed by atoms with van der Waals surface area (Å²) in [5, 5.41) is -0.203. The van der Waals surface area contributed by atoms with Crippen LogP contribution >= 0.6 is 11.6 Å². The molecule has 0 bridgehead atoms. The first kappa shape index (κ1) is 14.8. The van der Waals surface area contributed by atoms with Crippen molar-refractivity contribution in [3.63, 3.8) is 0 Å². The fraction of sp³-hybridized carbons (Fsp3) is 0.571. The predicted octanol–water partition coefficient (Wildman–Crippen LogP) is 2.86. The third kappa shape index (κ3) is 3.71. The molecule has 19 heavy (non-hydrogen) atoms. The van der Waals surface area contributed by atoms with Gasteiger partial charge < -0.3 is 0 Å². The van der Waals surface area contributed by atoms with Crippen LogP contribution < -0.4 is 4.72 Å². The molecule has 1 aromatic rings. The van der Waals surface area contributed by atoms with Gasteiger partial charge in [-0.1, -0.05) is 38.1 Å². The Morgan fingerprint density at radius 1 is 1.37 bits per heavy atom. The maximum Gasteiger partial charge on any atom is 0.212 e. The zero-order valence-electron chi connectivity index (χ0n) is 11.3. The lowest BCUT2D eigenvalue weighted by Crippen LogP contribution is -2.33. The van der Waals surface area contributed by atoms with Gasteiger partial charge in [0.1, 0.15) is 0 Å². The Bertz CT molecular complexity index is 542. The summed E-state index contributed by atoms with van der Waals surface area (Å²) in [6.45, 7) is 4.04. The van der Waals surface area contributed by atoms with Crippen molar-refractivity contribution in [1.82, 2.24) is 4.72 Å². The Hall–Kier alpha value is -0.580. The molecule has 5 heteroatoms. The van der Waals surface area contributed by atoms with Crippen LogP contribution in [-0.2, 0) is 16.4 Å². The highest BCUT2D eigenvalue weighted by atomic mass is 35.5. The molecule has 2 atom stereocenters. The number of nitrogens with one attached hydrogen (secondary N) is 1. The minimum absolute atomic E-state index is 0.160. The van der Waals surface area contributed by atoms with Crippen LogP contribution in [0.25, 0.3) is 0 Å². The molecule has 0 saturated carbocycles. The molecule has 2 unspecified atom stereocenters. The first-order chi connectivity index (χ1) is 8.89. The van der Waals surface area contributed by atoms with Crippen LogP contribution in [0.1, 0.15) is 37.4 Å². The summed E-state index contributed by atoms with van der Waals surface area (Å²) in [5.41, 5.74) is 2.15. The molecule has 2 rings (SSSR count).